The molecule has 0 bridgehead atoms. The molecule has 0 spiro atoms. The number of carbonyl (C=O) groups is 1. The number of allylic oxidation sites excluding steroid dienone is 1. The molecule has 0 aromatic carbocycles. The van der Waals surface area contributed by atoms with Crippen LogP contribution < -0.4 is 5.73 Å². The summed E-state index contributed by atoms with van der Waals surface area (Å²) in [6.45, 7) is 4.90. The van der Waals surface area contributed by atoms with E-state index in [2.05, 4.69) is 13.8 Å². The Morgan fingerprint density at radius 1 is 1.62 bits per heavy atom. The van der Waals surface area contributed by atoms with Crippen molar-refractivity contribution in [2.24, 2.45) is 11.7 Å². The van der Waals surface area contributed by atoms with Crippen LogP contribution in [-0.4, -0.2) is 18.1 Å². The highest BCUT2D eigenvalue weighted by Gasteiger charge is 2.27. The third-order valence-corrected chi connectivity index (χ3v) is 2.27. The van der Waals surface area contributed by atoms with Crippen molar-refractivity contribution in [2.75, 3.05) is 6.61 Å². The quantitative estimate of drug-likeness (QED) is 0.655. The molecule has 74 valence electrons. The summed E-state index contributed by atoms with van der Waals surface area (Å²) in [6.07, 6.45) is 5.28. The summed E-state index contributed by atoms with van der Waals surface area (Å²) in [5.41, 5.74) is 4.96. The Labute approximate surface area is 78.9 Å². The second-order valence-electron chi connectivity index (χ2n) is 4.12. The van der Waals surface area contributed by atoms with Crippen LogP contribution in [0.25, 0.3) is 0 Å². The lowest BCUT2D eigenvalue weighted by Crippen LogP contribution is -2.33. The van der Waals surface area contributed by atoms with Crippen LogP contribution in [0.15, 0.2) is 12.2 Å². The first kappa shape index (κ1) is 10.3. The molecule has 1 heterocycles. The third kappa shape index (κ3) is 3.59. The second kappa shape index (κ2) is 3.92. The van der Waals surface area contributed by atoms with Crippen molar-refractivity contribution in [2.45, 2.75) is 32.3 Å². The number of carbonyl (C=O) groups excluding carboxylic acids is 1. The lowest BCUT2D eigenvalue weighted by Gasteiger charge is -2.34. The zero-order valence-corrected chi connectivity index (χ0v) is 8.25. The van der Waals surface area contributed by atoms with Gasteiger partial charge in [-0.1, -0.05) is 6.08 Å². The number of rotatable bonds is 2. The topological polar surface area (TPSA) is 52.3 Å². The van der Waals surface area contributed by atoms with E-state index in [1.54, 1.807) is 0 Å². The molecule has 1 aliphatic heterocycles. The molecule has 1 aliphatic rings. The lowest BCUT2D eigenvalue weighted by molar-refractivity contribution is -0.113. The van der Waals surface area contributed by atoms with E-state index in [1.165, 1.54) is 6.08 Å². The van der Waals surface area contributed by atoms with E-state index >= 15 is 0 Å². The molecule has 0 aromatic rings. The average Bonchev–Trinajstić information content (AvgIpc) is 1.99. The van der Waals surface area contributed by atoms with Gasteiger partial charge in [0.1, 0.15) is 0 Å². The number of hydrogen-bond acceptors (Lipinski definition) is 2. The van der Waals surface area contributed by atoms with E-state index in [0.717, 1.165) is 19.4 Å². The maximum atomic E-state index is 10.5. The van der Waals surface area contributed by atoms with Gasteiger partial charge in [0.25, 0.3) is 0 Å². The number of ether oxygens (including phenoxy) is 1. The maximum Gasteiger partial charge on any atom is 0.241 e. The van der Waals surface area contributed by atoms with Gasteiger partial charge in [-0.3, -0.25) is 4.79 Å². The van der Waals surface area contributed by atoms with Gasteiger partial charge in [-0.25, -0.2) is 0 Å². The molecule has 0 aromatic heterocycles. The van der Waals surface area contributed by atoms with Gasteiger partial charge in [-0.15, -0.1) is 0 Å². The van der Waals surface area contributed by atoms with Crippen LogP contribution >= 0.6 is 0 Å². The zero-order chi connectivity index (χ0) is 9.90. The summed E-state index contributed by atoms with van der Waals surface area (Å²) in [5.74, 6) is 0.0561. The van der Waals surface area contributed by atoms with Crippen LogP contribution in [0.4, 0.5) is 0 Å². The highest BCUT2D eigenvalue weighted by atomic mass is 16.5. The standard InChI is InChI=1S/C10H17NO2/c1-10(2)7-8(5-6-13-10)3-4-9(11)12/h3-4,8H,5-7H2,1-2H3,(H2,11,12)/b4-3+. The molecule has 1 rings (SSSR count). The SMILES string of the molecule is CC1(C)CC(/C=C/C(N)=O)CCO1. The monoisotopic (exact) mass is 183 g/mol. The Bertz CT molecular complexity index is 221. The van der Waals surface area contributed by atoms with Crippen LogP contribution in [0, 0.1) is 5.92 Å². The highest BCUT2D eigenvalue weighted by molar-refractivity contribution is 5.85. The molecule has 1 fully saturated rings. The fourth-order valence-electron chi connectivity index (χ4n) is 1.67. The first-order chi connectivity index (χ1) is 5.99. The molecule has 2 N–H and O–H groups in total. The summed E-state index contributed by atoms with van der Waals surface area (Å²) in [4.78, 5) is 10.5. The van der Waals surface area contributed by atoms with Crippen molar-refractivity contribution >= 4 is 5.91 Å². The largest absolute Gasteiger partial charge is 0.376 e. The van der Waals surface area contributed by atoms with Crippen molar-refractivity contribution in [3.63, 3.8) is 0 Å². The van der Waals surface area contributed by atoms with Gasteiger partial charge in [0, 0.05) is 6.61 Å². The van der Waals surface area contributed by atoms with Crippen molar-refractivity contribution in [3.05, 3.63) is 12.2 Å². The number of hydrogen-bond donors (Lipinski definition) is 1. The second-order valence-corrected chi connectivity index (χ2v) is 4.12. The fourth-order valence-corrected chi connectivity index (χ4v) is 1.67. The van der Waals surface area contributed by atoms with Gasteiger partial charge in [-0.2, -0.15) is 0 Å². The minimum absolute atomic E-state index is 0.0646. The van der Waals surface area contributed by atoms with Crippen molar-refractivity contribution in [1.29, 1.82) is 0 Å². The lowest BCUT2D eigenvalue weighted by atomic mass is 9.88. The van der Waals surface area contributed by atoms with Crippen LogP contribution in [0.3, 0.4) is 0 Å². The number of primary amides is 1. The molecule has 13 heavy (non-hydrogen) atoms. The van der Waals surface area contributed by atoms with Crippen LogP contribution in [0.2, 0.25) is 0 Å². The molecule has 1 amide bonds. The smallest absolute Gasteiger partial charge is 0.241 e. The van der Waals surface area contributed by atoms with Crippen LogP contribution in [0.1, 0.15) is 26.7 Å². The molecule has 1 atom stereocenters. The Hall–Kier alpha value is -0.830. The Morgan fingerprint density at radius 2 is 2.31 bits per heavy atom. The Morgan fingerprint density at radius 3 is 2.85 bits per heavy atom. The van der Waals surface area contributed by atoms with Gasteiger partial charge < -0.3 is 10.5 Å². The molecular formula is C10H17NO2. The first-order valence-corrected chi connectivity index (χ1v) is 4.61. The van der Waals surface area contributed by atoms with E-state index in [0.29, 0.717) is 5.92 Å². The third-order valence-electron chi connectivity index (χ3n) is 2.27. The number of nitrogens with two attached hydrogens (primary N) is 1. The summed E-state index contributed by atoms with van der Waals surface area (Å²) >= 11 is 0. The Kier molecular flexibility index (Phi) is 3.09. The minimum Gasteiger partial charge on any atom is -0.376 e. The highest BCUT2D eigenvalue weighted by Crippen LogP contribution is 2.29. The van der Waals surface area contributed by atoms with E-state index in [-0.39, 0.29) is 11.5 Å². The summed E-state index contributed by atoms with van der Waals surface area (Å²) in [6, 6.07) is 0. The van der Waals surface area contributed by atoms with Gasteiger partial charge in [0.05, 0.1) is 5.60 Å². The zero-order valence-electron chi connectivity index (χ0n) is 8.25. The molecule has 0 aliphatic carbocycles. The Balaban J connectivity index is 2.48. The minimum atomic E-state index is -0.371. The number of amides is 1. The molecule has 0 saturated carbocycles. The van der Waals surface area contributed by atoms with Crippen LogP contribution in [0.5, 0.6) is 0 Å². The van der Waals surface area contributed by atoms with Crippen LogP contribution in [-0.2, 0) is 9.53 Å². The molecule has 3 nitrogen and oxygen atoms in total. The van der Waals surface area contributed by atoms with Gasteiger partial charge >= 0.3 is 0 Å². The molecule has 1 saturated heterocycles. The van der Waals surface area contributed by atoms with E-state index in [9.17, 15) is 4.79 Å². The van der Waals surface area contributed by atoms with Gasteiger partial charge in [0.2, 0.25) is 5.91 Å². The molecule has 0 radical (unpaired) electrons. The van der Waals surface area contributed by atoms with E-state index in [4.69, 9.17) is 10.5 Å². The molecule has 3 heteroatoms. The molecular weight excluding hydrogens is 166 g/mol. The van der Waals surface area contributed by atoms with Crippen molar-refractivity contribution in [3.8, 4) is 0 Å². The first-order valence-electron chi connectivity index (χ1n) is 4.61. The van der Waals surface area contributed by atoms with Gasteiger partial charge in [-0.05, 0) is 38.7 Å². The van der Waals surface area contributed by atoms with Crippen molar-refractivity contribution in [1.82, 2.24) is 0 Å². The van der Waals surface area contributed by atoms with E-state index < -0.39 is 0 Å². The predicted molar refractivity (Wildman–Crippen MR) is 51.1 cm³/mol. The van der Waals surface area contributed by atoms with E-state index in [1.807, 2.05) is 6.08 Å². The average molecular weight is 183 g/mol. The normalized spacial score (nSPS) is 27.7. The maximum absolute atomic E-state index is 10.5. The van der Waals surface area contributed by atoms with Crippen molar-refractivity contribution < 1.29 is 9.53 Å². The summed E-state index contributed by atoms with van der Waals surface area (Å²) in [7, 11) is 0. The fraction of sp³-hybridized carbons (Fsp3) is 0.700. The summed E-state index contributed by atoms with van der Waals surface area (Å²) in [5, 5.41) is 0. The molecule has 1 unspecified atom stereocenters. The predicted octanol–water partition coefficient (Wildman–Crippen LogP) is 1.23. The summed E-state index contributed by atoms with van der Waals surface area (Å²) < 4.78 is 5.55. The van der Waals surface area contributed by atoms with Gasteiger partial charge in [0.15, 0.2) is 0 Å².